The molecule has 4 nitrogen and oxygen atoms in total. The molecule has 0 fully saturated rings. The molecule has 0 spiro atoms. The Morgan fingerprint density at radius 1 is 1.59 bits per heavy atom. The molecule has 0 aromatic heterocycles. The molecule has 88 valence electrons. The molecule has 0 aliphatic carbocycles. The van der Waals surface area contributed by atoms with Crippen LogP contribution >= 0.6 is 11.8 Å². The van der Waals surface area contributed by atoms with E-state index in [0.29, 0.717) is 5.06 Å². The first-order valence-electron chi connectivity index (χ1n) is 4.79. The third-order valence-corrected chi connectivity index (χ3v) is 2.63. The van der Waals surface area contributed by atoms with Crippen molar-refractivity contribution >= 4 is 23.9 Å². The van der Waals surface area contributed by atoms with Crippen LogP contribution in [0.3, 0.4) is 0 Å². The van der Waals surface area contributed by atoms with Gasteiger partial charge in [0.15, 0.2) is 0 Å². The van der Waals surface area contributed by atoms with Crippen molar-refractivity contribution in [2.75, 3.05) is 6.54 Å². The second kappa shape index (κ2) is 6.63. The summed E-state index contributed by atoms with van der Waals surface area (Å²) in [6, 6.07) is 6.67. The zero-order chi connectivity index (χ0) is 12.7. The standard InChI is InChI=1S/C12H12N2O2S/c1-2-17-11-8-4-3-6-10(11)7-5-9-14(16)12(13)15/h1,3-8,16H,9H2,(H2,13,15)/b7-5+. The minimum absolute atomic E-state index is 0.0321. The maximum atomic E-state index is 10.5. The molecule has 3 N–H and O–H groups in total. The number of amides is 2. The molecule has 17 heavy (non-hydrogen) atoms. The van der Waals surface area contributed by atoms with E-state index in [9.17, 15) is 4.79 Å². The van der Waals surface area contributed by atoms with Gasteiger partial charge in [-0.2, -0.15) is 0 Å². The number of hydrogen-bond donors (Lipinski definition) is 2. The zero-order valence-corrected chi connectivity index (χ0v) is 9.85. The highest BCUT2D eigenvalue weighted by Crippen LogP contribution is 2.22. The summed E-state index contributed by atoms with van der Waals surface area (Å²) in [5.41, 5.74) is 5.79. The highest BCUT2D eigenvalue weighted by molar-refractivity contribution is 8.04. The average molecular weight is 248 g/mol. The first-order chi connectivity index (χ1) is 8.15. The first kappa shape index (κ1) is 13.2. The van der Waals surface area contributed by atoms with Crippen molar-refractivity contribution < 1.29 is 10.0 Å². The Kier molecular flexibility index (Phi) is 5.14. The summed E-state index contributed by atoms with van der Waals surface area (Å²) in [5, 5.41) is 12.0. The van der Waals surface area contributed by atoms with Gasteiger partial charge in [-0.25, -0.2) is 9.86 Å². The number of nitrogens with zero attached hydrogens (tertiary/aromatic N) is 1. The van der Waals surface area contributed by atoms with Crippen LogP contribution in [-0.4, -0.2) is 22.8 Å². The number of hydrogen-bond acceptors (Lipinski definition) is 3. The summed E-state index contributed by atoms with van der Waals surface area (Å²) in [6.45, 7) is 0.0321. The molecule has 0 unspecified atom stereocenters. The summed E-state index contributed by atoms with van der Waals surface area (Å²) in [5.74, 6) is 0. The van der Waals surface area contributed by atoms with E-state index < -0.39 is 6.03 Å². The molecule has 5 heteroatoms. The van der Waals surface area contributed by atoms with Crippen molar-refractivity contribution in [2.45, 2.75) is 4.90 Å². The molecule has 1 aromatic rings. The number of thioether (sulfide) groups is 1. The predicted octanol–water partition coefficient (Wildman–Crippen LogP) is 2.15. The van der Waals surface area contributed by atoms with Gasteiger partial charge in [-0.15, -0.1) is 6.42 Å². The van der Waals surface area contributed by atoms with E-state index >= 15 is 0 Å². The van der Waals surface area contributed by atoms with E-state index in [-0.39, 0.29) is 6.54 Å². The molecule has 1 rings (SSSR count). The van der Waals surface area contributed by atoms with Crippen molar-refractivity contribution in [3.63, 3.8) is 0 Å². The molecule has 0 atom stereocenters. The molecule has 1 aromatic carbocycles. The maximum absolute atomic E-state index is 10.5. The number of urea groups is 1. The van der Waals surface area contributed by atoms with Gasteiger partial charge < -0.3 is 5.73 Å². The van der Waals surface area contributed by atoms with Crippen LogP contribution in [0.25, 0.3) is 6.08 Å². The molecule has 2 amide bonds. The lowest BCUT2D eigenvalue weighted by atomic mass is 10.2. The third-order valence-electron chi connectivity index (χ3n) is 1.92. The SMILES string of the molecule is C#CSc1ccccc1/C=C/CN(O)C(N)=O. The molecule has 0 saturated carbocycles. The van der Waals surface area contributed by atoms with Crippen LogP contribution in [0.4, 0.5) is 4.79 Å². The number of rotatable bonds is 4. The van der Waals surface area contributed by atoms with Crippen LogP contribution in [0, 0.1) is 11.7 Å². The third kappa shape index (κ3) is 4.23. The van der Waals surface area contributed by atoms with Crippen molar-refractivity contribution in [1.29, 1.82) is 0 Å². The topological polar surface area (TPSA) is 66.6 Å². The second-order valence-electron chi connectivity index (χ2n) is 3.08. The summed E-state index contributed by atoms with van der Waals surface area (Å²) in [4.78, 5) is 11.5. The van der Waals surface area contributed by atoms with Gasteiger partial charge in [0.05, 0.1) is 6.54 Å². The van der Waals surface area contributed by atoms with E-state index in [1.54, 1.807) is 12.2 Å². The van der Waals surface area contributed by atoms with Crippen molar-refractivity contribution in [3.8, 4) is 11.7 Å². The van der Waals surface area contributed by atoms with Crippen molar-refractivity contribution in [1.82, 2.24) is 5.06 Å². The largest absolute Gasteiger partial charge is 0.350 e. The lowest BCUT2D eigenvalue weighted by Gasteiger charge is -2.08. The van der Waals surface area contributed by atoms with Gasteiger partial charge in [0.25, 0.3) is 0 Å². The molecular weight excluding hydrogens is 236 g/mol. The Morgan fingerprint density at radius 3 is 2.94 bits per heavy atom. The summed E-state index contributed by atoms with van der Waals surface area (Å²) < 4.78 is 0. The van der Waals surface area contributed by atoms with Gasteiger partial charge in [0.2, 0.25) is 0 Å². The van der Waals surface area contributed by atoms with Crippen LogP contribution in [0.2, 0.25) is 0 Å². The van der Waals surface area contributed by atoms with Crippen LogP contribution in [0.1, 0.15) is 5.56 Å². The molecule has 0 heterocycles. The fourth-order valence-electron chi connectivity index (χ4n) is 1.14. The Bertz CT molecular complexity index is 466. The van der Waals surface area contributed by atoms with E-state index in [0.717, 1.165) is 10.5 Å². The van der Waals surface area contributed by atoms with Gasteiger partial charge in [-0.3, -0.25) is 5.21 Å². The smallest absolute Gasteiger partial charge is 0.338 e. The minimum atomic E-state index is -0.888. The lowest BCUT2D eigenvalue weighted by Crippen LogP contribution is -2.32. The number of hydroxylamine groups is 2. The first-order valence-corrected chi connectivity index (χ1v) is 5.60. The van der Waals surface area contributed by atoms with E-state index in [2.05, 4.69) is 5.25 Å². The lowest BCUT2D eigenvalue weighted by molar-refractivity contribution is -0.0286. The normalized spacial score (nSPS) is 10.1. The van der Waals surface area contributed by atoms with Gasteiger partial charge in [-0.05, 0) is 28.6 Å². The number of carbonyl (C=O) groups is 1. The number of nitrogens with two attached hydrogens (primary N) is 1. The van der Waals surface area contributed by atoms with Gasteiger partial charge in [-0.1, -0.05) is 30.4 Å². The molecule has 0 saturated heterocycles. The van der Waals surface area contributed by atoms with E-state index in [1.807, 2.05) is 24.3 Å². The minimum Gasteiger partial charge on any atom is -0.350 e. The highest BCUT2D eigenvalue weighted by Gasteiger charge is 2.02. The molecule has 0 bridgehead atoms. The summed E-state index contributed by atoms with van der Waals surface area (Å²) in [7, 11) is 0. The van der Waals surface area contributed by atoms with Crippen molar-refractivity contribution in [3.05, 3.63) is 35.9 Å². The molecule has 0 aliphatic heterocycles. The van der Waals surface area contributed by atoms with E-state index in [4.69, 9.17) is 17.4 Å². The fourth-order valence-corrected chi connectivity index (χ4v) is 1.67. The van der Waals surface area contributed by atoms with Crippen LogP contribution in [-0.2, 0) is 0 Å². The number of carbonyl (C=O) groups excluding carboxylic acids is 1. The van der Waals surface area contributed by atoms with Crippen LogP contribution in [0.15, 0.2) is 35.2 Å². The second-order valence-corrected chi connectivity index (χ2v) is 3.96. The zero-order valence-electron chi connectivity index (χ0n) is 9.04. The number of benzene rings is 1. The monoisotopic (exact) mass is 248 g/mol. The average Bonchev–Trinajstić information content (AvgIpc) is 2.31. The maximum Gasteiger partial charge on any atom is 0.338 e. The Morgan fingerprint density at radius 2 is 2.29 bits per heavy atom. The Hall–Kier alpha value is -1.90. The highest BCUT2D eigenvalue weighted by atomic mass is 32.2. The van der Waals surface area contributed by atoms with Gasteiger partial charge in [0.1, 0.15) is 0 Å². The Balaban J connectivity index is 2.71. The van der Waals surface area contributed by atoms with Crippen LogP contribution < -0.4 is 5.73 Å². The summed E-state index contributed by atoms with van der Waals surface area (Å²) >= 11 is 1.28. The molecular formula is C12H12N2O2S. The quantitative estimate of drug-likeness (QED) is 0.371. The number of terminal acetylenes is 1. The summed E-state index contributed by atoms with van der Waals surface area (Å²) in [6.07, 6.45) is 8.62. The fraction of sp³-hybridized carbons (Fsp3) is 0.0833. The van der Waals surface area contributed by atoms with Gasteiger partial charge in [0, 0.05) is 4.90 Å². The van der Waals surface area contributed by atoms with Gasteiger partial charge >= 0.3 is 6.03 Å². The van der Waals surface area contributed by atoms with Crippen LogP contribution in [0.5, 0.6) is 0 Å². The van der Waals surface area contributed by atoms with E-state index in [1.165, 1.54) is 11.8 Å². The molecule has 0 radical (unpaired) electrons. The predicted molar refractivity (Wildman–Crippen MR) is 68.2 cm³/mol. The molecule has 0 aliphatic rings. The number of primary amides is 1. The Labute approximate surface area is 104 Å². The van der Waals surface area contributed by atoms with Crippen molar-refractivity contribution in [2.24, 2.45) is 5.73 Å².